The molecular formula is C15H9BrCl2N2O. The second kappa shape index (κ2) is 5.72. The SMILES string of the molecule is Nc1noc(-c2cc(Br)ccc2Cl)c1-c1ccc(Cl)cc1. The molecule has 2 aromatic carbocycles. The number of nitrogen functional groups attached to an aromatic ring is 1. The van der Waals surface area contributed by atoms with Crippen LogP contribution in [0.2, 0.25) is 10.0 Å². The third-order valence-corrected chi connectivity index (χ3v) is 4.10. The Balaban J connectivity index is 2.21. The zero-order valence-corrected chi connectivity index (χ0v) is 13.7. The van der Waals surface area contributed by atoms with Gasteiger partial charge in [0.05, 0.1) is 10.6 Å². The molecule has 0 bridgehead atoms. The Bertz CT molecular complexity index is 800. The number of hydrogen-bond acceptors (Lipinski definition) is 3. The second-order valence-corrected chi connectivity index (χ2v) is 6.16. The molecule has 0 aliphatic carbocycles. The molecule has 0 unspecified atom stereocenters. The molecule has 0 aliphatic rings. The van der Waals surface area contributed by atoms with Crippen molar-refractivity contribution in [3.8, 4) is 22.5 Å². The highest BCUT2D eigenvalue weighted by atomic mass is 79.9. The molecule has 2 N–H and O–H groups in total. The fraction of sp³-hybridized carbons (Fsp3) is 0. The first-order valence-corrected chi connectivity index (χ1v) is 7.57. The predicted octanol–water partition coefficient (Wildman–Crippen LogP) is 5.66. The van der Waals surface area contributed by atoms with Crippen LogP contribution in [0.25, 0.3) is 22.5 Å². The summed E-state index contributed by atoms with van der Waals surface area (Å²) in [5.41, 5.74) is 8.23. The Hall–Kier alpha value is -1.49. The zero-order chi connectivity index (χ0) is 15.0. The van der Waals surface area contributed by atoms with Gasteiger partial charge in [0.2, 0.25) is 0 Å². The van der Waals surface area contributed by atoms with Crippen molar-refractivity contribution in [1.82, 2.24) is 5.16 Å². The van der Waals surface area contributed by atoms with Crippen LogP contribution in [-0.4, -0.2) is 5.16 Å². The summed E-state index contributed by atoms with van der Waals surface area (Å²) in [5, 5.41) is 5.07. The van der Waals surface area contributed by atoms with E-state index in [1.807, 2.05) is 24.3 Å². The van der Waals surface area contributed by atoms with Crippen molar-refractivity contribution >= 4 is 44.9 Å². The first kappa shape index (κ1) is 14.4. The van der Waals surface area contributed by atoms with Crippen molar-refractivity contribution in [2.75, 3.05) is 5.73 Å². The van der Waals surface area contributed by atoms with Crippen molar-refractivity contribution < 1.29 is 4.52 Å². The van der Waals surface area contributed by atoms with E-state index >= 15 is 0 Å². The molecule has 0 saturated heterocycles. The summed E-state index contributed by atoms with van der Waals surface area (Å²) in [7, 11) is 0. The van der Waals surface area contributed by atoms with E-state index in [0.29, 0.717) is 27.2 Å². The van der Waals surface area contributed by atoms with Gasteiger partial charge in [0.1, 0.15) is 0 Å². The van der Waals surface area contributed by atoms with Gasteiger partial charge >= 0.3 is 0 Å². The summed E-state index contributed by atoms with van der Waals surface area (Å²) in [5.74, 6) is 0.837. The number of aromatic nitrogens is 1. The maximum Gasteiger partial charge on any atom is 0.178 e. The largest absolute Gasteiger partial charge is 0.380 e. The number of hydrogen-bond donors (Lipinski definition) is 1. The number of nitrogens with zero attached hydrogens (tertiary/aromatic N) is 1. The van der Waals surface area contributed by atoms with Crippen LogP contribution in [0.3, 0.4) is 0 Å². The fourth-order valence-electron chi connectivity index (χ4n) is 2.05. The molecule has 0 radical (unpaired) electrons. The molecule has 0 atom stereocenters. The van der Waals surface area contributed by atoms with E-state index < -0.39 is 0 Å². The van der Waals surface area contributed by atoms with E-state index in [-0.39, 0.29) is 0 Å². The molecule has 1 aromatic heterocycles. The molecule has 1 heterocycles. The zero-order valence-electron chi connectivity index (χ0n) is 10.6. The van der Waals surface area contributed by atoms with Gasteiger partial charge in [-0.05, 0) is 35.9 Å². The Morgan fingerprint density at radius 3 is 2.48 bits per heavy atom. The Labute approximate surface area is 139 Å². The number of rotatable bonds is 2. The topological polar surface area (TPSA) is 52.0 Å². The summed E-state index contributed by atoms with van der Waals surface area (Å²) >= 11 is 15.6. The summed E-state index contributed by atoms with van der Waals surface area (Å²) in [6, 6.07) is 12.8. The standard InChI is InChI=1S/C15H9BrCl2N2O/c16-9-3-6-12(18)11(7-9)14-13(15(19)20-21-14)8-1-4-10(17)5-2-8/h1-7H,(H2,19,20). The fourth-order valence-corrected chi connectivity index (χ4v) is 2.74. The maximum absolute atomic E-state index is 6.25. The lowest BCUT2D eigenvalue weighted by Gasteiger charge is -2.05. The van der Waals surface area contributed by atoms with Gasteiger partial charge in [0.25, 0.3) is 0 Å². The molecule has 3 aromatic rings. The van der Waals surface area contributed by atoms with Crippen molar-refractivity contribution in [2.45, 2.75) is 0 Å². The van der Waals surface area contributed by atoms with Crippen LogP contribution in [0.1, 0.15) is 0 Å². The molecule has 0 aliphatic heterocycles. The summed E-state index contributed by atoms with van der Waals surface area (Å²) in [6.07, 6.45) is 0. The van der Waals surface area contributed by atoms with E-state index in [4.69, 9.17) is 33.5 Å². The third kappa shape index (κ3) is 2.79. The highest BCUT2D eigenvalue weighted by Crippen LogP contribution is 2.40. The Morgan fingerprint density at radius 1 is 1.05 bits per heavy atom. The lowest BCUT2D eigenvalue weighted by atomic mass is 10.0. The van der Waals surface area contributed by atoms with Crippen LogP contribution in [0.5, 0.6) is 0 Å². The summed E-state index contributed by atoms with van der Waals surface area (Å²) in [4.78, 5) is 0. The van der Waals surface area contributed by atoms with Gasteiger partial charge in [-0.15, -0.1) is 0 Å². The van der Waals surface area contributed by atoms with Gasteiger partial charge in [-0.25, -0.2) is 0 Å². The quantitative estimate of drug-likeness (QED) is 0.621. The Kier molecular flexibility index (Phi) is 3.93. The van der Waals surface area contributed by atoms with Crippen molar-refractivity contribution in [2.24, 2.45) is 0 Å². The smallest absolute Gasteiger partial charge is 0.178 e. The second-order valence-electron chi connectivity index (χ2n) is 4.40. The molecule has 0 spiro atoms. The highest BCUT2D eigenvalue weighted by molar-refractivity contribution is 9.10. The average molecular weight is 384 g/mol. The van der Waals surface area contributed by atoms with Gasteiger partial charge in [0.15, 0.2) is 11.6 Å². The molecule has 106 valence electrons. The molecule has 3 rings (SSSR count). The summed E-state index contributed by atoms with van der Waals surface area (Å²) < 4.78 is 6.28. The molecule has 0 fully saturated rings. The first-order chi connectivity index (χ1) is 10.1. The number of anilines is 1. The van der Waals surface area contributed by atoms with Gasteiger partial charge in [0, 0.05) is 15.1 Å². The molecule has 3 nitrogen and oxygen atoms in total. The van der Waals surface area contributed by atoms with E-state index in [2.05, 4.69) is 21.1 Å². The molecule has 6 heteroatoms. The maximum atomic E-state index is 6.25. The lowest BCUT2D eigenvalue weighted by molar-refractivity contribution is 0.436. The van der Waals surface area contributed by atoms with Crippen LogP contribution in [0, 0.1) is 0 Å². The van der Waals surface area contributed by atoms with Crippen LogP contribution in [0.4, 0.5) is 5.82 Å². The Morgan fingerprint density at radius 2 is 1.76 bits per heavy atom. The minimum atomic E-state index is 0.309. The van der Waals surface area contributed by atoms with Crippen LogP contribution >= 0.6 is 39.1 Å². The minimum Gasteiger partial charge on any atom is -0.380 e. The van der Waals surface area contributed by atoms with E-state index in [1.54, 1.807) is 18.2 Å². The highest BCUT2D eigenvalue weighted by Gasteiger charge is 2.19. The predicted molar refractivity (Wildman–Crippen MR) is 89.5 cm³/mol. The molecular weight excluding hydrogens is 375 g/mol. The van der Waals surface area contributed by atoms with E-state index in [0.717, 1.165) is 15.6 Å². The van der Waals surface area contributed by atoms with Crippen molar-refractivity contribution in [1.29, 1.82) is 0 Å². The van der Waals surface area contributed by atoms with Gasteiger partial charge in [-0.3, -0.25) is 0 Å². The first-order valence-electron chi connectivity index (χ1n) is 6.03. The van der Waals surface area contributed by atoms with E-state index in [9.17, 15) is 0 Å². The lowest BCUT2D eigenvalue weighted by Crippen LogP contribution is -1.89. The number of benzene rings is 2. The number of nitrogens with two attached hydrogens (primary N) is 1. The monoisotopic (exact) mass is 382 g/mol. The van der Waals surface area contributed by atoms with Crippen LogP contribution in [0.15, 0.2) is 51.5 Å². The molecule has 0 amide bonds. The van der Waals surface area contributed by atoms with Gasteiger partial charge in [-0.1, -0.05) is 56.4 Å². The third-order valence-electron chi connectivity index (χ3n) is 3.02. The normalized spacial score (nSPS) is 10.8. The minimum absolute atomic E-state index is 0.309. The molecule has 0 saturated carbocycles. The summed E-state index contributed by atoms with van der Waals surface area (Å²) in [6.45, 7) is 0. The van der Waals surface area contributed by atoms with Crippen LogP contribution in [-0.2, 0) is 0 Å². The molecule has 21 heavy (non-hydrogen) atoms. The van der Waals surface area contributed by atoms with Gasteiger partial charge in [-0.2, -0.15) is 0 Å². The van der Waals surface area contributed by atoms with Crippen molar-refractivity contribution in [3.05, 3.63) is 57.0 Å². The van der Waals surface area contributed by atoms with E-state index in [1.165, 1.54) is 0 Å². The van der Waals surface area contributed by atoms with Crippen molar-refractivity contribution in [3.63, 3.8) is 0 Å². The van der Waals surface area contributed by atoms with Gasteiger partial charge < -0.3 is 10.3 Å². The number of halogens is 3. The van der Waals surface area contributed by atoms with Crippen LogP contribution < -0.4 is 5.73 Å². The average Bonchev–Trinajstić information content (AvgIpc) is 2.84.